The first-order valence-corrected chi connectivity index (χ1v) is 9.18. The second kappa shape index (κ2) is 6.43. The van der Waals surface area contributed by atoms with E-state index in [1.807, 2.05) is 56.3 Å². The van der Waals surface area contributed by atoms with Crippen molar-refractivity contribution >= 4 is 10.0 Å². The Balaban J connectivity index is 1.93. The van der Waals surface area contributed by atoms with Gasteiger partial charge in [-0.15, -0.1) is 0 Å². The highest BCUT2D eigenvalue weighted by molar-refractivity contribution is 7.89. The van der Waals surface area contributed by atoms with Crippen LogP contribution in [0.1, 0.15) is 24.2 Å². The molecule has 23 heavy (non-hydrogen) atoms. The maximum absolute atomic E-state index is 13.1. The topological polar surface area (TPSA) is 46.6 Å². The molecule has 0 aliphatic carbocycles. The summed E-state index contributed by atoms with van der Waals surface area (Å²) in [5.41, 5.74) is 1.77. The quantitative estimate of drug-likeness (QED) is 0.868. The minimum atomic E-state index is -3.53. The van der Waals surface area contributed by atoms with Crippen LogP contribution < -0.4 is 0 Å². The zero-order valence-corrected chi connectivity index (χ0v) is 14.2. The van der Waals surface area contributed by atoms with Crippen molar-refractivity contribution in [2.75, 3.05) is 13.2 Å². The van der Waals surface area contributed by atoms with Crippen molar-refractivity contribution in [1.29, 1.82) is 0 Å². The van der Waals surface area contributed by atoms with Crippen molar-refractivity contribution in [2.24, 2.45) is 0 Å². The molecule has 0 amide bonds. The second-order valence-electron chi connectivity index (χ2n) is 5.92. The van der Waals surface area contributed by atoms with Gasteiger partial charge >= 0.3 is 0 Å². The van der Waals surface area contributed by atoms with Crippen LogP contribution in [-0.4, -0.2) is 31.9 Å². The zero-order valence-electron chi connectivity index (χ0n) is 13.3. The summed E-state index contributed by atoms with van der Waals surface area (Å²) in [6.45, 7) is 4.44. The van der Waals surface area contributed by atoms with Crippen molar-refractivity contribution < 1.29 is 13.2 Å². The first-order chi connectivity index (χ1) is 11.0. The molecular formula is C18H21NO3S. The van der Waals surface area contributed by atoms with Crippen LogP contribution in [0.3, 0.4) is 0 Å². The SMILES string of the molecule is Cc1ccccc1S(=O)(=O)N1CC(c2ccccc2)OCC1C. The Labute approximate surface area is 137 Å². The van der Waals surface area contributed by atoms with E-state index < -0.39 is 10.0 Å². The van der Waals surface area contributed by atoms with Gasteiger partial charge in [0.1, 0.15) is 0 Å². The van der Waals surface area contributed by atoms with Crippen LogP contribution >= 0.6 is 0 Å². The summed E-state index contributed by atoms with van der Waals surface area (Å²) in [6, 6.07) is 16.7. The molecule has 122 valence electrons. The van der Waals surface area contributed by atoms with Crippen molar-refractivity contribution in [2.45, 2.75) is 30.9 Å². The fourth-order valence-electron chi connectivity index (χ4n) is 2.91. The van der Waals surface area contributed by atoms with E-state index >= 15 is 0 Å². The van der Waals surface area contributed by atoms with Gasteiger partial charge in [-0.3, -0.25) is 0 Å². The Morgan fingerprint density at radius 2 is 1.70 bits per heavy atom. The summed E-state index contributed by atoms with van der Waals surface area (Å²) in [4.78, 5) is 0.376. The molecular weight excluding hydrogens is 310 g/mol. The molecule has 1 aliphatic heterocycles. The van der Waals surface area contributed by atoms with Crippen LogP contribution in [0, 0.1) is 6.92 Å². The minimum Gasteiger partial charge on any atom is -0.370 e. The van der Waals surface area contributed by atoms with Gasteiger partial charge in [-0.2, -0.15) is 4.31 Å². The molecule has 0 spiro atoms. The van der Waals surface area contributed by atoms with Gasteiger partial charge in [-0.1, -0.05) is 48.5 Å². The zero-order chi connectivity index (χ0) is 16.4. The number of aryl methyl sites for hydroxylation is 1. The fraction of sp³-hybridized carbons (Fsp3) is 0.333. The Morgan fingerprint density at radius 1 is 1.04 bits per heavy atom. The van der Waals surface area contributed by atoms with Gasteiger partial charge in [0.25, 0.3) is 0 Å². The van der Waals surface area contributed by atoms with E-state index in [-0.39, 0.29) is 12.1 Å². The average Bonchev–Trinajstić information content (AvgIpc) is 2.56. The Bertz CT molecular complexity index is 774. The van der Waals surface area contributed by atoms with Crippen LogP contribution in [0.25, 0.3) is 0 Å². The predicted molar refractivity (Wildman–Crippen MR) is 89.7 cm³/mol. The molecule has 2 aromatic carbocycles. The van der Waals surface area contributed by atoms with Crippen molar-refractivity contribution in [1.82, 2.24) is 4.31 Å². The lowest BCUT2D eigenvalue weighted by molar-refractivity contribution is -0.0288. The fourth-order valence-corrected chi connectivity index (χ4v) is 4.76. The minimum absolute atomic E-state index is 0.181. The van der Waals surface area contributed by atoms with E-state index in [0.29, 0.717) is 18.0 Å². The molecule has 1 heterocycles. The number of morpholine rings is 1. The molecule has 3 rings (SSSR count). The van der Waals surface area contributed by atoms with E-state index in [0.717, 1.165) is 11.1 Å². The molecule has 1 saturated heterocycles. The highest BCUT2D eigenvalue weighted by Crippen LogP contribution is 2.30. The highest BCUT2D eigenvalue weighted by atomic mass is 32.2. The third kappa shape index (κ3) is 3.17. The summed E-state index contributed by atoms with van der Waals surface area (Å²) in [5, 5.41) is 0. The third-order valence-electron chi connectivity index (χ3n) is 4.23. The van der Waals surface area contributed by atoms with Crippen LogP contribution in [0.5, 0.6) is 0 Å². The Kier molecular flexibility index (Phi) is 4.53. The molecule has 2 unspecified atom stereocenters. The first-order valence-electron chi connectivity index (χ1n) is 7.74. The monoisotopic (exact) mass is 331 g/mol. The lowest BCUT2D eigenvalue weighted by Crippen LogP contribution is -2.48. The van der Waals surface area contributed by atoms with Gasteiger partial charge in [-0.25, -0.2) is 8.42 Å². The lowest BCUT2D eigenvalue weighted by atomic mass is 10.1. The molecule has 0 bridgehead atoms. The molecule has 4 nitrogen and oxygen atoms in total. The summed E-state index contributed by atoms with van der Waals surface area (Å²) in [5.74, 6) is 0. The van der Waals surface area contributed by atoms with E-state index in [2.05, 4.69) is 0 Å². The van der Waals surface area contributed by atoms with Gasteiger partial charge in [-0.05, 0) is 31.0 Å². The van der Waals surface area contributed by atoms with Gasteiger partial charge in [0.15, 0.2) is 0 Å². The van der Waals surface area contributed by atoms with Gasteiger partial charge in [0, 0.05) is 12.6 Å². The van der Waals surface area contributed by atoms with E-state index in [9.17, 15) is 8.42 Å². The maximum Gasteiger partial charge on any atom is 0.243 e. The van der Waals surface area contributed by atoms with Crippen LogP contribution in [0.4, 0.5) is 0 Å². The number of rotatable bonds is 3. The van der Waals surface area contributed by atoms with E-state index in [4.69, 9.17) is 4.74 Å². The van der Waals surface area contributed by atoms with Crippen molar-refractivity contribution in [3.05, 3.63) is 65.7 Å². The average molecular weight is 331 g/mol. The van der Waals surface area contributed by atoms with Crippen LogP contribution in [-0.2, 0) is 14.8 Å². The lowest BCUT2D eigenvalue weighted by Gasteiger charge is -2.37. The van der Waals surface area contributed by atoms with Crippen LogP contribution in [0.2, 0.25) is 0 Å². The molecule has 0 saturated carbocycles. The normalized spacial score (nSPS) is 22.9. The maximum atomic E-state index is 13.1. The molecule has 0 N–H and O–H groups in total. The molecule has 2 atom stereocenters. The van der Waals surface area contributed by atoms with Gasteiger partial charge in [0.05, 0.1) is 17.6 Å². The molecule has 0 radical (unpaired) electrons. The third-order valence-corrected chi connectivity index (χ3v) is 6.37. The first kappa shape index (κ1) is 16.2. The number of hydrogen-bond donors (Lipinski definition) is 0. The van der Waals surface area contributed by atoms with Crippen molar-refractivity contribution in [3.8, 4) is 0 Å². The number of sulfonamides is 1. The smallest absolute Gasteiger partial charge is 0.243 e. The molecule has 1 aliphatic rings. The van der Waals surface area contributed by atoms with Crippen molar-refractivity contribution in [3.63, 3.8) is 0 Å². The highest BCUT2D eigenvalue weighted by Gasteiger charge is 2.36. The van der Waals surface area contributed by atoms with Gasteiger partial charge < -0.3 is 4.74 Å². The summed E-state index contributed by atoms with van der Waals surface area (Å²) in [7, 11) is -3.53. The predicted octanol–water partition coefficient (Wildman–Crippen LogP) is 3.15. The molecule has 1 fully saturated rings. The molecule has 2 aromatic rings. The van der Waals surface area contributed by atoms with Crippen LogP contribution in [0.15, 0.2) is 59.5 Å². The number of benzene rings is 2. The number of hydrogen-bond acceptors (Lipinski definition) is 3. The number of ether oxygens (including phenoxy) is 1. The van der Waals surface area contributed by atoms with E-state index in [1.165, 1.54) is 0 Å². The van der Waals surface area contributed by atoms with Gasteiger partial charge in [0.2, 0.25) is 10.0 Å². The second-order valence-corrected chi connectivity index (χ2v) is 7.78. The summed E-state index contributed by atoms with van der Waals surface area (Å²) < 4.78 is 33.6. The van der Waals surface area contributed by atoms with E-state index in [1.54, 1.807) is 16.4 Å². The summed E-state index contributed by atoms with van der Waals surface area (Å²) in [6.07, 6.45) is -0.230. The molecule has 5 heteroatoms. The largest absolute Gasteiger partial charge is 0.370 e. The molecule has 0 aromatic heterocycles. The number of nitrogens with zero attached hydrogens (tertiary/aromatic N) is 1. The Morgan fingerprint density at radius 3 is 2.39 bits per heavy atom. The summed E-state index contributed by atoms with van der Waals surface area (Å²) >= 11 is 0. The Hall–Kier alpha value is -1.69. The standard InChI is InChI=1S/C18H21NO3S/c1-14-8-6-7-11-18(14)23(20,21)19-12-17(22-13-15(19)2)16-9-4-3-5-10-16/h3-11,15,17H,12-13H2,1-2H3.